The summed E-state index contributed by atoms with van der Waals surface area (Å²) in [6.07, 6.45) is 3.69. The van der Waals surface area contributed by atoms with Crippen molar-refractivity contribution >= 4 is 22.8 Å². The number of H-pyrrole nitrogens is 1. The van der Waals surface area contributed by atoms with Gasteiger partial charge >= 0.3 is 5.97 Å². The number of carbonyl (C=O) groups is 1. The lowest BCUT2D eigenvalue weighted by molar-refractivity contribution is -0.138. The maximum Gasteiger partial charge on any atom is 0.303 e. The summed E-state index contributed by atoms with van der Waals surface area (Å²) in [5, 5.41) is 8.97. The molecule has 0 atom stereocenters. The number of nitrogens with one attached hydrogen (secondary N) is 1. The molecule has 0 unspecified atom stereocenters. The Bertz CT molecular complexity index is 1310. The number of pyridine rings is 1. The minimum absolute atomic E-state index is 0.232. The van der Waals surface area contributed by atoms with Crippen molar-refractivity contribution in [1.29, 1.82) is 0 Å². The van der Waals surface area contributed by atoms with Gasteiger partial charge in [-0.1, -0.05) is 12.1 Å². The number of anilines is 1. The summed E-state index contributed by atoms with van der Waals surface area (Å²) in [4.78, 5) is 25.4. The van der Waals surface area contributed by atoms with E-state index in [1.807, 2.05) is 43.3 Å². The van der Waals surface area contributed by atoms with Crippen LogP contribution in [0.25, 0.3) is 33.5 Å². The van der Waals surface area contributed by atoms with Crippen molar-refractivity contribution in [2.24, 2.45) is 5.92 Å². The van der Waals surface area contributed by atoms with Crippen LogP contribution in [-0.2, 0) is 4.79 Å². The molecule has 0 radical (unpaired) electrons. The molecular weight excluding hydrogens is 419 g/mol. The van der Waals surface area contributed by atoms with E-state index in [0.717, 1.165) is 59.5 Å². The van der Waals surface area contributed by atoms with Gasteiger partial charge in [-0.05, 0) is 73.2 Å². The van der Waals surface area contributed by atoms with Gasteiger partial charge in [0.15, 0.2) is 0 Å². The number of hydrogen-bond donors (Lipinski definition) is 2. The van der Waals surface area contributed by atoms with E-state index >= 15 is 0 Å². The van der Waals surface area contributed by atoms with Crippen molar-refractivity contribution in [2.45, 2.75) is 26.2 Å². The molecule has 4 aromatic rings. The normalized spacial score (nSPS) is 14.7. The summed E-state index contributed by atoms with van der Waals surface area (Å²) in [5.74, 6) is 0.536. The van der Waals surface area contributed by atoms with Crippen LogP contribution in [0.5, 0.6) is 0 Å². The highest BCUT2D eigenvalue weighted by molar-refractivity contribution is 5.80. The van der Waals surface area contributed by atoms with E-state index in [1.165, 1.54) is 6.07 Å². The number of carboxylic acid groups (broad SMARTS) is 1. The molecule has 2 aromatic heterocycles. The molecule has 0 bridgehead atoms. The smallest absolute Gasteiger partial charge is 0.303 e. The van der Waals surface area contributed by atoms with Crippen molar-refractivity contribution in [2.75, 3.05) is 18.0 Å². The van der Waals surface area contributed by atoms with E-state index in [1.54, 1.807) is 12.3 Å². The van der Waals surface area contributed by atoms with Crippen molar-refractivity contribution in [1.82, 2.24) is 15.0 Å². The summed E-state index contributed by atoms with van der Waals surface area (Å²) in [6.45, 7) is 3.60. The summed E-state index contributed by atoms with van der Waals surface area (Å²) in [5.41, 5.74) is 4.84. The van der Waals surface area contributed by atoms with Crippen molar-refractivity contribution in [3.63, 3.8) is 0 Å². The molecule has 1 aliphatic rings. The molecule has 0 aliphatic carbocycles. The van der Waals surface area contributed by atoms with Crippen molar-refractivity contribution in [3.8, 4) is 22.5 Å². The number of nitrogens with zero attached hydrogens (tertiary/aromatic N) is 3. The van der Waals surface area contributed by atoms with Crippen LogP contribution in [0.3, 0.4) is 0 Å². The number of halogens is 1. The first-order valence-corrected chi connectivity index (χ1v) is 11.2. The molecule has 1 saturated heterocycles. The Labute approximate surface area is 191 Å². The molecule has 3 heterocycles. The summed E-state index contributed by atoms with van der Waals surface area (Å²) >= 11 is 0. The Morgan fingerprint density at radius 3 is 2.61 bits per heavy atom. The average molecular weight is 445 g/mol. The van der Waals surface area contributed by atoms with Crippen LogP contribution in [-0.4, -0.2) is 39.1 Å². The Morgan fingerprint density at radius 2 is 1.91 bits per heavy atom. The summed E-state index contributed by atoms with van der Waals surface area (Å²) in [6, 6.07) is 15.0. The van der Waals surface area contributed by atoms with Gasteiger partial charge in [-0.3, -0.25) is 4.79 Å². The van der Waals surface area contributed by atoms with E-state index in [-0.39, 0.29) is 18.2 Å². The first-order valence-electron chi connectivity index (χ1n) is 11.2. The minimum atomic E-state index is -0.732. The number of aliphatic carboxylic acids is 1. The number of benzene rings is 2. The molecule has 2 aromatic carbocycles. The summed E-state index contributed by atoms with van der Waals surface area (Å²) in [7, 11) is 0. The molecule has 2 N–H and O–H groups in total. The third-order valence-electron chi connectivity index (χ3n) is 6.34. The van der Waals surface area contributed by atoms with Crippen LogP contribution in [0, 0.1) is 18.7 Å². The number of piperidine rings is 1. The lowest BCUT2D eigenvalue weighted by Gasteiger charge is -2.32. The number of hydrogen-bond acceptors (Lipinski definition) is 4. The predicted molar refractivity (Wildman–Crippen MR) is 127 cm³/mol. The second-order valence-corrected chi connectivity index (χ2v) is 8.73. The number of aromatic amines is 1. The quantitative estimate of drug-likeness (QED) is 0.429. The molecule has 0 amide bonds. The Balaban J connectivity index is 1.31. The highest BCUT2D eigenvalue weighted by Crippen LogP contribution is 2.29. The van der Waals surface area contributed by atoms with E-state index in [4.69, 9.17) is 5.11 Å². The van der Waals surface area contributed by atoms with Gasteiger partial charge < -0.3 is 15.0 Å². The maximum absolute atomic E-state index is 15.0. The van der Waals surface area contributed by atoms with E-state index in [0.29, 0.717) is 11.4 Å². The lowest BCUT2D eigenvalue weighted by Crippen LogP contribution is -2.34. The molecule has 0 spiro atoms. The highest BCUT2D eigenvalue weighted by atomic mass is 19.1. The Hall–Kier alpha value is -3.74. The van der Waals surface area contributed by atoms with Gasteiger partial charge in [0, 0.05) is 31.3 Å². The van der Waals surface area contributed by atoms with Crippen LogP contribution < -0.4 is 4.90 Å². The van der Waals surface area contributed by atoms with Gasteiger partial charge in [0.05, 0.1) is 16.6 Å². The molecule has 1 aliphatic heterocycles. The highest BCUT2D eigenvalue weighted by Gasteiger charge is 2.22. The molecule has 7 heteroatoms. The second kappa shape index (κ2) is 8.65. The number of carboxylic acids is 1. The zero-order valence-corrected chi connectivity index (χ0v) is 18.4. The third-order valence-corrected chi connectivity index (χ3v) is 6.34. The molecule has 5 rings (SSSR count). The summed E-state index contributed by atoms with van der Waals surface area (Å²) < 4.78 is 15.0. The molecule has 1 fully saturated rings. The first-order chi connectivity index (χ1) is 16.0. The fourth-order valence-corrected chi connectivity index (χ4v) is 4.49. The molecule has 0 saturated carbocycles. The lowest BCUT2D eigenvalue weighted by atomic mass is 9.93. The number of imidazole rings is 1. The average Bonchev–Trinajstić information content (AvgIpc) is 3.22. The third kappa shape index (κ3) is 4.44. The van der Waals surface area contributed by atoms with Crippen LogP contribution in [0.2, 0.25) is 0 Å². The van der Waals surface area contributed by atoms with Crippen LogP contribution in [0.4, 0.5) is 10.2 Å². The number of fused-ring (bicyclic) bond motifs is 1. The van der Waals surface area contributed by atoms with Gasteiger partial charge in [-0.25, -0.2) is 14.4 Å². The zero-order chi connectivity index (χ0) is 22.9. The molecule has 168 valence electrons. The molecule has 33 heavy (non-hydrogen) atoms. The number of aromatic nitrogens is 3. The SMILES string of the molecule is Cc1ccc2nc(-c3ccc(-c4ccc(N5CCC(CC(=O)O)CC5)nc4)cc3F)[nH]c2c1. The van der Waals surface area contributed by atoms with Gasteiger partial charge in [0.1, 0.15) is 17.5 Å². The predicted octanol–water partition coefficient (Wildman–Crippen LogP) is 5.43. The molecule has 6 nitrogen and oxygen atoms in total. The van der Waals surface area contributed by atoms with Gasteiger partial charge in [0.2, 0.25) is 0 Å². The van der Waals surface area contributed by atoms with E-state index in [9.17, 15) is 9.18 Å². The number of rotatable bonds is 5. The largest absolute Gasteiger partial charge is 0.481 e. The monoisotopic (exact) mass is 444 g/mol. The maximum atomic E-state index is 15.0. The second-order valence-electron chi connectivity index (χ2n) is 8.73. The number of aryl methyl sites for hydroxylation is 1. The van der Waals surface area contributed by atoms with E-state index < -0.39 is 5.97 Å². The van der Waals surface area contributed by atoms with Gasteiger partial charge in [-0.15, -0.1) is 0 Å². The van der Waals surface area contributed by atoms with Crippen LogP contribution in [0.15, 0.2) is 54.7 Å². The first kappa shape index (κ1) is 21.1. The van der Waals surface area contributed by atoms with Crippen LogP contribution >= 0.6 is 0 Å². The Morgan fingerprint density at radius 1 is 1.12 bits per heavy atom. The van der Waals surface area contributed by atoms with Crippen molar-refractivity contribution in [3.05, 3.63) is 66.1 Å². The standard InChI is InChI=1S/C26H25FN4O2/c1-16-2-6-22-23(12-16)30-26(29-22)20-5-3-18(14-21(20)27)19-4-7-24(28-15-19)31-10-8-17(9-11-31)13-25(32)33/h2-7,12,14-15,17H,8-11,13H2,1H3,(H,29,30)(H,32,33). The fraction of sp³-hybridized carbons (Fsp3) is 0.269. The van der Waals surface area contributed by atoms with Crippen molar-refractivity contribution < 1.29 is 14.3 Å². The van der Waals surface area contributed by atoms with Crippen LogP contribution in [0.1, 0.15) is 24.8 Å². The zero-order valence-electron chi connectivity index (χ0n) is 18.4. The van der Waals surface area contributed by atoms with Gasteiger partial charge in [-0.2, -0.15) is 0 Å². The van der Waals surface area contributed by atoms with Gasteiger partial charge in [0.25, 0.3) is 0 Å². The Kier molecular flexibility index (Phi) is 5.54. The molecular formula is C26H25FN4O2. The van der Waals surface area contributed by atoms with E-state index in [2.05, 4.69) is 19.9 Å². The fourth-order valence-electron chi connectivity index (χ4n) is 4.49. The minimum Gasteiger partial charge on any atom is -0.481 e. The topological polar surface area (TPSA) is 82.1 Å².